The summed E-state index contributed by atoms with van der Waals surface area (Å²) in [5, 5.41) is 12.1. The van der Waals surface area contributed by atoms with E-state index in [4.69, 9.17) is 5.11 Å². The highest BCUT2D eigenvalue weighted by Gasteiger charge is 2.23. The molecule has 0 aliphatic heterocycles. The average Bonchev–Trinajstić information content (AvgIpc) is 2.75. The maximum absolute atomic E-state index is 10.9. The van der Waals surface area contributed by atoms with Crippen LogP contribution in [-0.2, 0) is 4.79 Å². The Morgan fingerprint density at radius 3 is 2.38 bits per heavy atom. The first-order valence-corrected chi connectivity index (χ1v) is 9.98. The quantitative estimate of drug-likeness (QED) is 0.616. The highest BCUT2D eigenvalue weighted by Crippen LogP contribution is 2.37. The molecular weight excluding hydrogens is 364 g/mol. The minimum Gasteiger partial charge on any atom is -0.481 e. The first-order chi connectivity index (χ1) is 14.2. The van der Waals surface area contributed by atoms with Crippen molar-refractivity contribution >= 4 is 17.5 Å². The number of nitrogens with zero attached hydrogens (tertiary/aromatic N) is 3. The van der Waals surface area contributed by atoms with Crippen molar-refractivity contribution in [3.8, 4) is 11.3 Å². The summed E-state index contributed by atoms with van der Waals surface area (Å²) in [6.45, 7) is 0. The number of carboxylic acid groups (broad SMARTS) is 1. The fourth-order valence-corrected chi connectivity index (χ4v) is 4.02. The highest BCUT2D eigenvalue weighted by atomic mass is 16.4. The van der Waals surface area contributed by atoms with Crippen LogP contribution in [0.25, 0.3) is 11.3 Å². The van der Waals surface area contributed by atoms with Crippen LogP contribution in [0.15, 0.2) is 61.2 Å². The zero-order valence-electron chi connectivity index (χ0n) is 16.2. The van der Waals surface area contributed by atoms with Crippen LogP contribution < -0.4 is 5.32 Å². The molecule has 1 saturated carbocycles. The molecule has 1 aliphatic carbocycles. The number of hydrogen-bond donors (Lipinski definition) is 2. The molecule has 0 radical (unpaired) electrons. The molecule has 0 unspecified atom stereocenters. The molecule has 0 saturated heterocycles. The lowest BCUT2D eigenvalue weighted by atomic mass is 9.77. The summed E-state index contributed by atoms with van der Waals surface area (Å²) in [6.07, 6.45) is 11.2. The summed E-state index contributed by atoms with van der Waals surface area (Å²) in [5.41, 5.74) is 4.21. The van der Waals surface area contributed by atoms with Crippen molar-refractivity contribution in [2.75, 3.05) is 5.32 Å². The van der Waals surface area contributed by atoms with Gasteiger partial charge in [-0.05, 0) is 55.2 Å². The van der Waals surface area contributed by atoms with Gasteiger partial charge >= 0.3 is 5.97 Å². The van der Waals surface area contributed by atoms with Gasteiger partial charge in [-0.1, -0.05) is 24.3 Å². The smallest absolute Gasteiger partial charge is 0.303 e. The van der Waals surface area contributed by atoms with E-state index in [-0.39, 0.29) is 0 Å². The second kappa shape index (κ2) is 8.82. The van der Waals surface area contributed by atoms with Crippen LogP contribution in [0, 0.1) is 5.92 Å². The van der Waals surface area contributed by atoms with Gasteiger partial charge in [-0.25, -0.2) is 4.98 Å². The van der Waals surface area contributed by atoms with Crippen molar-refractivity contribution < 1.29 is 9.90 Å². The van der Waals surface area contributed by atoms with Gasteiger partial charge in [-0.2, -0.15) is 0 Å². The minimum atomic E-state index is -0.678. The third kappa shape index (κ3) is 4.96. The van der Waals surface area contributed by atoms with Crippen LogP contribution in [-0.4, -0.2) is 26.0 Å². The highest BCUT2D eigenvalue weighted by molar-refractivity contribution is 5.67. The number of rotatable bonds is 6. The molecule has 1 aliphatic rings. The molecule has 0 bridgehead atoms. The Morgan fingerprint density at radius 1 is 0.966 bits per heavy atom. The molecule has 2 N–H and O–H groups in total. The Bertz CT molecular complexity index is 935. The lowest BCUT2D eigenvalue weighted by molar-refractivity contribution is -0.138. The van der Waals surface area contributed by atoms with Gasteiger partial charge in [0.15, 0.2) is 0 Å². The molecule has 1 fully saturated rings. The van der Waals surface area contributed by atoms with Gasteiger partial charge in [0.2, 0.25) is 0 Å². The molecule has 0 amide bonds. The summed E-state index contributed by atoms with van der Waals surface area (Å²) in [4.78, 5) is 23.7. The first kappa shape index (κ1) is 19.1. The predicted octanol–water partition coefficient (Wildman–Crippen LogP) is 5.03. The average molecular weight is 388 g/mol. The fourth-order valence-electron chi connectivity index (χ4n) is 4.02. The third-order valence-corrected chi connectivity index (χ3v) is 5.59. The standard InChI is InChI=1S/C23H24N4O2/c28-23(29)13-16-1-3-17(4-2-16)18-5-7-19(8-6-18)21-10-9-20(14-26-21)27-22-15-24-11-12-25-22/h5-12,14-17H,1-4,13H2,(H,25,27)(H,28,29). The third-order valence-electron chi connectivity index (χ3n) is 5.59. The van der Waals surface area contributed by atoms with Crippen LogP contribution in [0.5, 0.6) is 0 Å². The molecule has 2 aromatic heterocycles. The van der Waals surface area contributed by atoms with Crippen LogP contribution >= 0.6 is 0 Å². The Balaban J connectivity index is 1.37. The summed E-state index contributed by atoms with van der Waals surface area (Å²) >= 11 is 0. The van der Waals surface area contributed by atoms with E-state index in [9.17, 15) is 4.79 Å². The molecule has 4 rings (SSSR count). The van der Waals surface area contributed by atoms with Gasteiger partial charge in [0.25, 0.3) is 0 Å². The van der Waals surface area contributed by atoms with E-state index in [1.807, 2.05) is 12.1 Å². The van der Waals surface area contributed by atoms with Crippen LogP contribution in [0.4, 0.5) is 11.5 Å². The molecule has 2 heterocycles. The number of anilines is 2. The van der Waals surface area contributed by atoms with Crippen molar-refractivity contribution in [1.29, 1.82) is 0 Å². The maximum Gasteiger partial charge on any atom is 0.303 e. The van der Waals surface area contributed by atoms with Crippen LogP contribution in [0.2, 0.25) is 0 Å². The summed E-state index contributed by atoms with van der Waals surface area (Å²) in [6, 6.07) is 12.6. The maximum atomic E-state index is 10.9. The summed E-state index contributed by atoms with van der Waals surface area (Å²) < 4.78 is 0. The number of hydrogen-bond acceptors (Lipinski definition) is 5. The molecule has 6 nitrogen and oxygen atoms in total. The predicted molar refractivity (Wildman–Crippen MR) is 112 cm³/mol. The number of carbonyl (C=O) groups is 1. The number of benzene rings is 1. The first-order valence-electron chi connectivity index (χ1n) is 9.98. The Labute approximate surface area is 170 Å². The fraction of sp³-hybridized carbons (Fsp3) is 0.304. The van der Waals surface area contributed by atoms with E-state index in [0.717, 1.165) is 42.6 Å². The topological polar surface area (TPSA) is 88.0 Å². The molecule has 6 heteroatoms. The number of pyridine rings is 1. The Kier molecular flexibility index (Phi) is 5.79. The summed E-state index contributed by atoms with van der Waals surface area (Å²) in [5.74, 6) is 0.870. The number of carboxylic acids is 1. The van der Waals surface area contributed by atoms with Crippen molar-refractivity contribution in [3.63, 3.8) is 0 Å². The Hall–Kier alpha value is -3.28. The molecule has 148 valence electrons. The van der Waals surface area contributed by atoms with Gasteiger partial charge < -0.3 is 10.4 Å². The van der Waals surface area contributed by atoms with Crippen molar-refractivity contribution in [3.05, 3.63) is 66.7 Å². The molecular formula is C23H24N4O2. The van der Waals surface area contributed by atoms with E-state index in [1.54, 1.807) is 24.8 Å². The zero-order valence-corrected chi connectivity index (χ0v) is 16.2. The molecule has 0 spiro atoms. The monoisotopic (exact) mass is 388 g/mol. The van der Waals surface area contributed by atoms with Gasteiger partial charge in [0.05, 0.1) is 23.8 Å². The van der Waals surface area contributed by atoms with E-state index in [2.05, 4.69) is 44.5 Å². The molecule has 29 heavy (non-hydrogen) atoms. The van der Waals surface area contributed by atoms with Gasteiger partial charge in [0.1, 0.15) is 5.82 Å². The van der Waals surface area contributed by atoms with Crippen molar-refractivity contribution in [2.45, 2.75) is 38.0 Å². The second-order valence-corrected chi connectivity index (χ2v) is 7.59. The van der Waals surface area contributed by atoms with Crippen LogP contribution in [0.3, 0.4) is 0 Å². The molecule has 3 aromatic rings. The van der Waals surface area contributed by atoms with Gasteiger partial charge in [-0.3, -0.25) is 14.8 Å². The van der Waals surface area contributed by atoms with Crippen molar-refractivity contribution in [2.24, 2.45) is 5.92 Å². The van der Waals surface area contributed by atoms with Gasteiger partial charge in [0, 0.05) is 24.4 Å². The van der Waals surface area contributed by atoms with E-state index < -0.39 is 5.97 Å². The number of aliphatic carboxylic acids is 1. The number of nitrogens with one attached hydrogen (secondary N) is 1. The summed E-state index contributed by atoms with van der Waals surface area (Å²) in [7, 11) is 0. The zero-order chi connectivity index (χ0) is 20.1. The van der Waals surface area contributed by atoms with Gasteiger partial charge in [-0.15, -0.1) is 0 Å². The van der Waals surface area contributed by atoms with Crippen molar-refractivity contribution in [1.82, 2.24) is 15.0 Å². The SMILES string of the molecule is O=C(O)CC1CCC(c2ccc(-c3ccc(Nc4cnccn4)cn3)cc2)CC1. The minimum absolute atomic E-state index is 0.305. The number of aromatic nitrogens is 3. The second-order valence-electron chi connectivity index (χ2n) is 7.59. The lowest BCUT2D eigenvalue weighted by Gasteiger charge is -2.28. The Morgan fingerprint density at radius 2 is 1.76 bits per heavy atom. The van der Waals surface area contributed by atoms with E-state index in [0.29, 0.717) is 24.1 Å². The van der Waals surface area contributed by atoms with E-state index >= 15 is 0 Å². The van der Waals surface area contributed by atoms with Crippen LogP contribution in [0.1, 0.15) is 43.6 Å². The van der Waals surface area contributed by atoms with E-state index in [1.165, 1.54) is 5.56 Å². The normalized spacial score (nSPS) is 18.9. The lowest BCUT2D eigenvalue weighted by Crippen LogP contribution is -2.16. The molecule has 0 atom stereocenters. The largest absolute Gasteiger partial charge is 0.481 e. The molecule has 1 aromatic carbocycles.